The van der Waals surface area contributed by atoms with Gasteiger partial charge in [-0.1, -0.05) is 30.7 Å². The summed E-state index contributed by atoms with van der Waals surface area (Å²) in [7, 11) is 0. The lowest BCUT2D eigenvalue weighted by Crippen LogP contribution is -2.06. The predicted molar refractivity (Wildman–Crippen MR) is 39.1 cm³/mol. The van der Waals surface area contributed by atoms with Gasteiger partial charge in [0.05, 0.1) is 0 Å². The van der Waals surface area contributed by atoms with Gasteiger partial charge in [0.1, 0.15) is 0 Å². The van der Waals surface area contributed by atoms with E-state index in [2.05, 4.69) is 32.1 Å². The van der Waals surface area contributed by atoms with Crippen molar-refractivity contribution in [3.63, 3.8) is 0 Å². The van der Waals surface area contributed by atoms with Crippen molar-refractivity contribution in [3.8, 4) is 0 Å². The van der Waals surface area contributed by atoms with Crippen molar-refractivity contribution in [2.24, 2.45) is 11.3 Å². The van der Waals surface area contributed by atoms with Crippen molar-refractivity contribution in [1.29, 1.82) is 0 Å². The average molecular weight is 120 g/mol. The fourth-order valence-corrected chi connectivity index (χ4v) is 1.88. The Morgan fingerprint density at radius 3 is 2.67 bits per heavy atom. The van der Waals surface area contributed by atoms with Crippen LogP contribution < -0.4 is 0 Å². The van der Waals surface area contributed by atoms with Gasteiger partial charge in [-0.05, 0) is 19.3 Å². The van der Waals surface area contributed by atoms with E-state index < -0.39 is 0 Å². The Bertz CT molecular complexity index is 198. The molecular formula is C9H12. The Hall–Kier alpha value is -0.520. The van der Waals surface area contributed by atoms with E-state index in [1.54, 1.807) is 5.57 Å². The first-order valence-corrected chi connectivity index (χ1v) is 3.59. The van der Waals surface area contributed by atoms with Gasteiger partial charge in [0.25, 0.3) is 0 Å². The second-order valence-electron chi connectivity index (χ2n) is 3.49. The molecule has 2 unspecified atom stereocenters. The number of hydrogen-bond donors (Lipinski definition) is 0. The largest absolute Gasteiger partial charge is 0.0807 e. The third-order valence-electron chi connectivity index (χ3n) is 2.74. The third kappa shape index (κ3) is 0.536. The average Bonchev–Trinajstić information content (AvgIpc) is 2.22. The lowest BCUT2D eigenvalue weighted by molar-refractivity contribution is 0.510. The SMILES string of the molecule is CC1=CC2C=CC1(C)C2. The normalized spacial score (nSPS) is 46.0. The molecule has 48 valence electrons. The molecule has 0 aromatic carbocycles. The fourth-order valence-electron chi connectivity index (χ4n) is 1.88. The van der Waals surface area contributed by atoms with Gasteiger partial charge < -0.3 is 0 Å². The molecule has 9 heavy (non-hydrogen) atoms. The number of fused-ring (bicyclic) bond motifs is 2. The van der Waals surface area contributed by atoms with Crippen molar-refractivity contribution in [1.82, 2.24) is 0 Å². The van der Waals surface area contributed by atoms with E-state index in [9.17, 15) is 0 Å². The Labute approximate surface area is 56.3 Å². The maximum atomic E-state index is 2.39. The van der Waals surface area contributed by atoms with E-state index >= 15 is 0 Å². The van der Waals surface area contributed by atoms with Crippen LogP contribution in [0.1, 0.15) is 20.3 Å². The molecule has 2 bridgehead atoms. The first kappa shape index (κ1) is 5.28. The molecule has 2 aliphatic carbocycles. The zero-order valence-electron chi connectivity index (χ0n) is 6.02. The van der Waals surface area contributed by atoms with E-state index in [0.717, 1.165) is 5.92 Å². The summed E-state index contributed by atoms with van der Waals surface area (Å²) < 4.78 is 0. The zero-order chi connectivity index (χ0) is 6.48. The first-order chi connectivity index (χ1) is 4.21. The Morgan fingerprint density at radius 1 is 1.67 bits per heavy atom. The smallest absolute Gasteiger partial charge is 0.00687 e. The molecule has 0 radical (unpaired) electrons. The maximum absolute atomic E-state index is 2.39. The van der Waals surface area contributed by atoms with Crippen LogP contribution in [0, 0.1) is 11.3 Å². The van der Waals surface area contributed by atoms with Crippen LogP contribution in [0.25, 0.3) is 0 Å². The van der Waals surface area contributed by atoms with Crippen LogP contribution in [-0.2, 0) is 0 Å². The summed E-state index contributed by atoms with van der Waals surface area (Å²) in [5.41, 5.74) is 2.01. The molecule has 0 heteroatoms. The monoisotopic (exact) mass is 120 g/mol. The van der Waals surface area contributed by atoms with Crippen LogP contribution in [0.4, 0.5) is 0 Å². The van der Waals surface area contributed by atoms with E-state index in [-0.39, 0.29) is 0 Å². The van der Waals surface area contributed by atoms with Crippen molar-refractivity contribution >= 4 is 0 Å². The molecule has 0 spiro atoms. The predicted octanol–water partition coefficient (Wildman–Crippen LogP) is 2.53. The Morgan fingerprint density at radius 2 is 2.44 bits per heavy atom. The number of allylic oxidation sites excluding steroid dienone is 4. The zero-order valence-corrected chi connectivity index (χ0v) is 6.02. The van der Waals surface area contributed by atoms with E-state index in [0.29, 0.717) is 5.41 Å². The second-order valence-corrected chi connectivity index (χ2v) is 3.49. The minimum Gasteiger partial charge on any atom is -0.0807 e. The third-order valence-corrected chi connectivity index (χ3v) is 2.74. The molecule has 2 rings (SSSR count). The maximum Gasteiger partial charge on any atom is 0.00687 e. The van der Waals surface area contributed by atoms with Crippen LogP contribution in [0.5, 0.6) is 0 Å². The summed E-state index contributed by atoms with van der Waals surface area (Å²) in [5, 5.41) is 0. The second kappa shape index (κ2) is 1.31. The molecule has 0 aromatic rings. The van der Waals surface area contributed by atoms with Crippen molar-refractivity contribution < 1.29 is 0 Å². The molecule has 2 aliphatic rings. The highest BCUT2D eigenvalue weighted by Gasteiger charge is 2.35. The van der Waals surface area contributed by atoms with Gasteiger partial charge in [0, 0.05) is 5.41 Å². The lowest BCUT2D eigenvalue weighted by atomic mass is 9.86. The minimum absolute atomic E-state index is 0.449. The van der Waals surface area contributed by atoms with Crippen molar-refractivity contribution in [2.45, 2.75) is 20.3 Å². The summed E-state index contributed by atoms with van der Waals surface area (Å²) in [6.07, 6.45) is 8.40. The van der Waals surface area contributed by atoms with Gasteiger partial charge in [-0.2, -0.15) is 0 Å². The molecule has 0 saturated carbocycles. The van der Waals surface area contributed by atoms with Gasteiger partial charge in [-0.15, -0.1) is 0 Å². The fraction of sp³-hybridized carbons (Fsp3) is 0.556. The van der Waals surface area contributed by atoms with Gasteiger partial charge in [0.15, 0.2) is 0 Å². The Balaban J connectivity index is 2.45. The van der Waals surface area contributed by atoms with Gasteiger partial charge >= 0.3 is 0 Å². The van der Waals surface area contributed by atoms with Crippen LogP contribution in [-0.4, -0.2) is 0 Å². The summed E-state index contributed by atoms with van der Waals surface area (Å²) in [6, 6.07) is 0. The molecule has 0 heterocycles. The first-order valence-electron chi connectivity index (χ1n) is 3.59. The summed E-state index contributed by atoms with van der Waals surface area (Å²) >= 11 is 0. The van der Waals surface area contributed by atoms with Crippen molar-refractivity contribution in [2.75, 3.05) is 0 Å². The van der Waals surface area contributed by atoms with E-state index in [4.69, 9.17) is 0 Å². The molecule has 0 aliphatic heterocycles. The molecule has 0 fully saturated rings. The number of rotatable bonds is 0. The molecular weight excluding hydrogens is 108 g/mol. The number of hydrogen-bond acceptors (Lipinski definition) is 0. The van der Waals surface area contributed by atoms with Crippen LogP contribution in [0.15, 0.2) is 23.8 Å². The van der Waals surface area contributed by atoms with Gasteiger partial charge in [0.2, 0.25) is 0 Å². The minimum atomic E-state index is 0.449. The Kier molecular flexibility index (Phi) is 0.769. The highest BCUT2D eigenvalue weighted by atomic mass is 14.4. The summed E-state index contributed by atoms with van der Waals surface area (Å²) in [5.74, 6) is 0.773. The lowest BCUT2D eigenvalue weighted by Gasteiger charge is -2.18. The molecule has 0 aromatic heterocycles. The highest BCUT2D eigenvalue weighted by Crippen LogP contribution is 2.47. The molecule has 0 N–H and O–H groups in total. The van der Waals surface area contributed by atoms with Crippen molar-refractivity contribution in [3.05, 3.63) is 23.8 Å². The van der Waals surface area contributed by atoms with E-state index in [1.165, 1.54) is 6.42 Å². The summed E-state index contributed by atoms with van der Waals surface area (Å²) in [6.45, 7) is 4.56. The molecule has 0 amide bonds. The quantitative estimate of drug-likeness (QED) is 0.431. The summed E-state index contributed by atoms with van der Waals surface area (Å²) in [4.78, 5) is 0. The standard InChI is InChI=1S/C9H12/c1-7-5-8-3-4-9(7,2)6-8/h3-5,8H,6H2,1-2H3. The molecule has 0 nitrogen and oxygen atoms in total. The van der Waals surface area contributed by atoms with Gasteiger partial charge in [-0.3, -0.25) is 0 Å². The van der Waals surface area contributed by atoms with Gasteiger partial charge in [-0.25, -0.2) is 0 Å². The van der Waals surface area contributed by atoms with Crippen LogP contribution in [0.2, 0.25) is 0 Å². The van der Waals surface area contributed by atoms with Crippen LogP contribution in [0.3, 0.4) is 0 Å². The molecule has 2 atom stereocenters. The van der Waals surface area contributed by atoms with Crippen LogP contribution >= 0.6 is 0 Å². The highest BCUT2D eigenvalue weighted by molar-refractivity contribution is 5.34. The molecule has 0 saturated heterocycles. The topological polar surface area (TPSA) is 0 Å². The van der Waals surface area contributed by atoms with E-state index in [1.807, 2.05) is 0 Å².